The standard InChI is InChI=1S/C17H20.2C15H18O.C11H16O.C10H9F5.C10H14/c1-2-3-14-17(15-10-6-4-7-11-15)16-12-8-5-9-13-16;1-2-3-11-16-12-14-9-6-8-13-7-4-5-10-15(13)14;1-2-3-10-16-12-13-8-9-14-6-4-5-7-15(14)11-13;1-3-4-5-10-6-8-11(12-2)9-7-10;1-2-3-4-5-6(11)8(13)10(15)9(14)7(5)12;1-2-3-7-10-8-5-4-6-9-10/h4-13,17H,2-3,14H2,1H3;4-10H,2-3,11-12H2,1H3;4-9,11H,2-3,10,12H2,1H3;6-9H,3-5H2,1-2H3;2-4H2,1H3;4-6,8-9H,2-3,7H2,1H3. The molecular weight excluding hydrogens is 1080 g/mol. The molecule has 8 heteroatoms. The summed E-state index contributed by atoms with van der Waals surface area (Å²) >= 11 is 0. The zero-order valence-electron chi connectivity index (χ0n) is 52.4. The molecule has 9 rings (SSSR count). The summed E-state index contributed by atoms with van der Waals surface area (Å²) in [5, 5.41) is 5.18. The molecule has 0 spiro atoms. The molecule has 0 aliphatic heterocycles. The summed E-state index contributed by atoms with van der Waals surface area (Å²) in [4.78, 5) is 0. The summed E-state index contributed by atoms with van der Waals surface area (Å²) in [6.45, 7) is 16.0. The van der Waals surface area contributed by atoms with E-state index in [0.29, 0.717) is 18.8 Å². The third kappa shape index (κ3) is 26.2. The summed E-state index contributed by atoms with van der Waals surface area (Å²) in [5.74, 6) is -7.81. The van der Waals surface area contributed by atoms with Crippen LogP contribution in [0.2, 0.25) is 0 Å². The van der Waals surface area contributed by atoms with E-state index in [0.717, 1.165) is 45.0 Å². The van der Waals surface area contributed by atoms with Gasteiger partial charge in [0, 0.05) is 24.7 Å². The van der Waals surface area contributed by atoms with Gasteiger partial charge in [-0.05, 0) is 131 Å². The van der Waals surface area contributed by atoms with E-state index in [1.54, 1.807) is 14.0 Å². The lowest BCUT2D eigenvalue weighted by molar-refractivity contribution is 0.118. The van der Waals surface area contributed by atoms with Crippen LogP contribution in [-0.4, -0.2) is 20.3 Å². The fourth-order valence-electron chi connectivity index (χ4n) is 9.34. The zero-order valence-corrected chi connectivity index (χ0v) is 52.4. The van der Waals surface area contributed by atoms with Crippen LogP contribution in [0, 0.1) is 29.1 Å². The monoisotopic (exact) mass is 1170 g/mol. The Hall–Kier alpha value is -7.13. The molecule has 0 amide bonds. The maximum absolute atomic E-state index is 13.0. The largest absolute Gasteiger partial charge is 0.497 e. The van der Waals surface area contributed by atoms with Crippen molar-refractivity contribution in [1.82, 2.24) is 0 Å². The van der Waals surface area contributed by atoms with Gasteiger partial charge in [0.05, 0.1) is 20.3 Å². The molecule has 0 aliphatic rings. The van der Waals surface area contributed by atoms with E-state index in [4.69, 9.17) is 14.2 Å². The van der Waals surface area contributed by atoms with Gasteiger partial charge in [0.25, 0.3) is 0 Å². The lowest BCUT2D eigenvalue weighted by Gasteiger charge is -2.17. The molecule has 0 aromatic heterocycles. The lowest BCUT2D eigenvalue weighted by atomic mass is 9.87. The maximum atomic E-state index is 13.0. The highest BCUT2D eigenvalue weighted by Gasteiger charge is 2.25. The van der Waals surface area contributed by atoms with Gasteiger partial charge in [-0.3, -0.25) is 0 Å². The molecule has 0 N–H and O–H groups in total. The second-order valence-corrected chi connectivity index (χ2v) is 21.3. The van der Waals surface area contributed by atoms with Gasteiger partial charge in [-0.15, -0.1) is 0 Å². The lowest BCUT2D eigenvalue weighted by Crippen LogP contribution is -2.07. The summed E-state index contributed by atoms with van der Waals surface area (Å²) in [7, 11) is 1.70. The van der Waals surface area contributed by atoms with Gasteiger partial charge in [-0.2, -0.15) is 0 Å². The van der Waals surface area contributed by atoms with Gasteiger partial charge in [0.1, 0.15) is 5.75 Å². The van der Waals surface area contributed by atoms with E-state index < -0.39 is 34.6 Å². The first-order valence-corrected chi connectivity index (χ1v) is 31.4. The van der Waals surface area contributed by atoms with E-state index in [1.165, 1.54) is 126 Å². The van der Waals surface area contributed by atoms with Gasteiger partial charge in [0.15, 0.2) is 23.3 Å². The van der Waals surface area contributed by atoms with Crippen molar-refractivity contribution in [2.24, 2.45) is 0 Å². The molecular formula is C78H95F5O3. The van der Waals surface area contributed by atoms with Crippen molar-refractivity contribution >= 4 is 21.5 Å². The Morgan fingerprint density at radius 2 is 0.779 bits per heavy atom. The average molecular weight is 1180 g/mol. The molecule has 0 radical (unpaired) electrons. The molecule has 0 aliphatic carbocycles. The van der Waals surface area contributed by atoms with Crippen molar-refractivity contribution in [2.75, 3.05) is 20.3 Å². The Balaban J connectivity index is 0.000000223. The van der Waals surface area contributed by atoms with Crippen LogP contribution < -0.4 is 4.74 Å². The summed E-state index contributed by atoms with van der Waals surface area (Å²) in [6, 6.07) is 70.4. The van der Waals surface area contributed by atoms with Crippen LogP contribution in [0.25, 0.3) is 21.5 Å². The molecule has 86 heavy (non-hydrogen) atoms. The molecule has 0 saturated carbocycles. The van der Waals surface area contributed by atoms with Crippen LogP contribution in [0.15, 0.2) is 200 Å². The maximum Gasteiger partial charge on any atom is 0.200 e. The molecule has 9 aromatic carbocycles. The number of benzene rings is 9. The first-order valence-electron chi connectivity index (χ1n) is 31.4. The molecule has 0 saturated heterocycles. The fourth-order valence-corrected chi connectivity index (χ4v) is 9.34. The van der Waals surface area contributed by atoms with Crippen molar-refractivity contribution in [3.8, 4) is 5.75 Å². The predicted octanol–water partition coefficient (Wildman–Crippen LogP) is 23.1. The highest BCUT2D eigenvalue weighted by Crippen LogP contribution is 2.30. The van der Waals surface area contributed by atoms with Gasteiger partial charge in [-0.25, -0.2) is 22.0 Å². The SMILES string of the molecule is CCCCC(c1ccccc1)c1ccccc1.CCCCOCc1ccc2ccccc2c1.CCCCOCc1cccc2ccccc12.CCCCc1c(F)c(F)c(F)c(F)c1F.CCCCc1ccc(OC)cc1.CCCCc1ccccc1. The van der Waals surface area contributed by atoms with Gasteiger partial charge < -0.3 is 14.2 Å². The minimum absolute atomic E-state index is 0.151. The molecule has 0 fully saturated rings. The van der Waals surface area contributed by atoms with Crippen molar-refractivity contribution < 1.29 is 36.2 Å². The summed E-state index contributed by atoms with van der Waals surface area (Å²) in [6.07, 6.45) is 16.8. The second-order valence-electron chi connectivity index (χ2n) is 21.3. The van der Waals surface area contributed by atoms with Gasteiger partial charge >= 0.3 is 0 Å². The highest BCUT2D eigenvalue weighted by atomic mass is 19.2. The van der Waals surface area contributed by atoms with E-state index in [2.05, 4.69) is 223 Å². The first kappa shape index (κ1) is 71.4. The molecule has 0 atom stereocenters. The van der Waals surface area contributed by atoms with Gasteiger partial charge in [0.2, 0.25) is 5.82 Å². The molecule has 460 valence electrons. The van der Waals surface area contributed by atoms with E-state index in [-0.39, 0.29) is 6.42 Å². The van der Waals surface area contributed by atoms with Crippen molar-refractivity contribution in [1.29, 1.82) is 0 Å². The summed E-state index contributed by atoms with van der Waals surface area (Å²) < 4.78 is 80.3. The molecule has 0 heterocycles. The van der Waals surface area contributed by atoms with Crippen molar-refractivity contribution in [3.63, 3.8) is 0 Å². The number of fused-ring (bicyclic) bond motifs is 2. The van der Waals surface area contributed by atoms with Crippen LogP contribution in [0.1, 0.15) is 170 Å². The van der Waals surface area contributed by atoms with Crippen LogP contribution in [0.4, 0.5) is 22.0 Å². The number of hydrogen-bond donors (Lipinski definition) is 0. The van der Waals surface area contributed by atoms with Crippen LogP contribution >= 0.6 is 0 Å². The number of rotatable bonds is 25. The Bertz CT molecular complexity index is 3090. The van der Waals surface area contributed by atoms with E-state index >= 15 is 0 Å². The minimum Gasteiger partial charge on any atom is -0.497 e. The number of methoxy groups -OCH3 is 1. The fraction of sp³-hybridized carbons (Fsp3) is 0.359. The second kappa shape index (κ2) is 43.5. The highest BCUT2D eigenvalue weighted by molar-refractivity contribution is 5.85. The third-order valence-corrected chi connectivity index (χ3v) is 14.5. The number of hydrogen-bond acceptors (Lipinski definition) is 3. The van der Waals surface area contributed by atoms with E-state index in [1.807, 2.05) is 12.1 Å². The number of halogens is 5. The number of aryl methyl sites for hydroxylation is 2. The molecule has 0 bridgehead atoms. The quantitative estimate of drug-likeness (QED) is 0.0247. The molecule has 9 aromatic rings. The minimum atomic E-state index is -2.11. The van der Waals surface area contributed by atoms with E-state index in [9.17, 15) is 22.0 Å². The Morgan fingerprint density at radius 3 is 1.31 bits per heavy atom. The van der Waals surface area contributed by atoms with Crippen LogP contribution in [0.5, 0.6) is 5.75 Å². The predicted molar refractivity (Wildman–Crippen MR) is 353 cm³/mol. The van der Waals surface area contributed by atoms with Crippen LogP contribution in [-0.2, 0) is 41.9 Å². The first-order chi connectivity index (χ1) is 42.0. The Labute approximate surface area is 513 Å². The average Bonchev–Trinajstić information content (AvgIpc) is 2.25. The third-order valence-electron chi connectivity index (χ3n) is 14.5. The van der Waals surface area contributed by atoms with Crippen molar-refractivity contribution in [2.45, 2.75) is 163 Å². The smallest absolute Gasteiger partial charge is 0.200 e. The number of ether oxygens (including phenoxy) is 3. The van der Waals surface area contributed by atoms with Crippen LogP contribution in [0.3, 0.4) is 0 Å². The Kier molecular flexibility index (Phi) is 36.1. The number of unbranched alkanes of at least 4 members (excludes halogenated alkanes) is 6. The topological polar surface area (TPSA) is 27.7 Å². The zero-order chi connectivity index (χ0) is 62.0. The van der Waals surface area contributed by atoms with Crippen molar-refractivity contribution in [3.05, 3.63) is 268 Å². The summed E-state index contributed by atoms with van der Waals surface area (Å²) in [5.41, 5.74) is 7.55. The molecule has 3 nitrogen and oxygen atoms in total. The normalized spacial score (nSPS) is 10.5. The van der Waals surface area contributed by atoms with Gasteiger partial charge in [-0.1, -0.05) is 268 Å². The Morgan fingerprint density at radius 1 is 0.349 bits per heavy atom. The molecule has 0 unspecified atom stereocenters.